The van der Waals surface area contributed by atoms with Crippen LogP contribution in [0.4, 0.5) is 5.69 Å². The van der Waals surface area contributed by atoms with Gasteiger partial charge in [-0.3, -0.25) is 0 Å². The molecule has 0 amide bonds. The molecular weight excluding hydrogens is 318 g/mol. The molecule has 0 aliphatic carbocycles. The highest BCUT2D eigenvalue weighted by Crippen LogP contribution is 2.34. The Labute approximate surface area is 158 Å². The standard InChI is InChI=1S/C24H29NO/c1-3-4-5-6-7-8-13-24-23-12-10-9-11-20(23)18-19-25(24)21-14-16-22(26-2)17-15-21/h9-12,14-17,24H,3-7,18-19H2,1-2H3. The van der Waals surface area contributed by atoms with Gasteiger partial charge in [0.15, 0.2) is 0 Å². The van der Waals surface area contributed by atoms with Gasteiger partial charge >= 0.3 is 0 Å². The Balaban J connectivity index is 1.82. The Morgan fingerprint density at radius 3 is 2.62 bits per heavy atom. The first kappa shape index (κ1) is 18.4. The van der Waals surface area contributed by atoms with Crippen LogP contribution in [0, 0.1) is 11.8 Å². The van der Waals surface area contributed by atoms with E-state index in [1.54, 1.807) is 7.11 Å². The van der Waals surface area contributed by atoms with Gasteiger partial charge in [-0.2, -0.15) is 0 Å². The van der Waals surface area contributed by atoms with Gasteiger partial charge in [0.25, 0.3) is 0 Å². The number of nitrogens with zero attached hydrogens (tertiary/aromatic N) is 1. The first-order valence-corrected chi connectivity index (χ1v) is 9.80. The van der Waals surface area contributed by atoms with E-state index in [2.05, 4.69) is 60.1 Å². The van der Waals surface area contributed by atoms with Gasteiger partial charge in [-0.1, -0.05) is 56.4 Å². The summed E-state index contributed by atoms with van der Waals surface area (Å²) >= 11 is 0. The van der Waals surface area contributed by atoms with E-state index < -0.39 is 0 Å². The average Bonchev–Trinajstić information content (AvgIpc) is 2.70. The lowest BCUT2D eigenvalue weighted by Crippen LogP contribution is -2.34. The molecule has 0 N–H and O–H groups in total. The number of methoxy groups -OCH3 is 1. The van der Waals surface area contributed by atoms with Crippen LogP contribution in [0.1, 0.15) is 56.2 Å². The molecule has 1 heterocycles. The maximum Gasteiger partial charge on any atom is 0.119 e. The fourth-order valence-electron chi connectivity index (χ4n) is 3.58. The van der Waals surface area contributed by atoms with Crippen molar-refractivity contribution in [1.29, 1.82) is 0 Å². The lowest BCUT2D eigenvalue weighted by Gasteiger charge is -2.36. The molecule has 1 aliphatic rings. The lowest BCUT2D eigenvalue weighted by molar-refractivity contribution is 0.415. The summed E-state index contributed by atoms with van der Waals surface area (Å²) < 4.78 is 5.30. The molecule has 2 nitrogen and oxygen atoms in total. The minimum absolute atomic E-state index is 0.138. The number of hydrogen-bond acceptors (Lipinski definition) is 2. The van der Waals surface area contributed by atoms with Gasteiger partial charge in [-0.05, 0) is 48.2 Å². The molecule has 1 atom stereocenters. The summed E-state index contributed by atoms with van der Waals surface area (Å²) in [6.07, 6.45) is 7.14. The zero-order valence-electron chi connectivity index (χ0n) is 16.0. The van der Waals surface area contributed by atoms with E-state index >= 15 is 0 Å². The maximum absolute atomic E-state index is 5.30. The summed E-state index contributed by atoms with van der Waals surface area (Å²) in [5.41, 5.74) is 4.00. The fourth-order valence-corrected chi connectivity index (χ4v) is 3.58. The number of anilines is 1. The first-order valence-electron chi connectivity index (χ1n) is 9.80. The van der Waals surface area contributed by atoms with Crippen molar-refractivity contribution in [3.8, 4) is 17.6 Å². The van der Waals surface area contributed by atoms with Crippen molar-refractivity contribution in [2.45, 2.75) is 51.5 Å². The van der Waals surface area contributed by atoms with Crippen LogP contribution in [0.25, 0.3) is 0 Å². The molecule has 0 radical (unpaired) electrons. The number of unbranched alkanes of at least 4 members (excludes halogenated alkanes) is 4. The second-order valence-corrected chi connectivity index (χ2v) is 6.87. The molecule has 0 aromatic heterocycles. The minimum atomic E-state index is 0.138. The third kappa shape index (κ3) is 4.41. The number of rotatable bonds is 6. The molecule has 0 fully saturated rings. The van der Waals surface area contributed by atoms with Crippen molar-refractivity contribution in [1.82, 2.24) is 0 Å². The van der Waals surface area contributed by atoms with Crippen LogP contribution in [0.3, 0.4) is 0 Å². The highest BCUT2D eigenvalue weighted by Gasteiger charge is 2.25. The molecule has 3 rings (SSSR count). The summed E-state index contributed by atoms with van der Waals surface area (Å²) in [4.78, 5) is 2.43. The summed E-state index contributed by atoms with van der Waals surface area (Å²) in [7, 11) is 1.71. The Morgan fingerprint density at radius 2 is 1.85 bits per heavy atom. The van der Waals surface area contributed by atoms with Crippen molar-refractivity contribution in [3.05, 3.63) is 59.7 Å². The normalized spacial score (nSPS) is 15.8. The van der Waals surface area contributed by atoms with E-state index in [9.17, 15) is 0 Å². The SMILES string of the molecule is CCCCCCC#CC1c2ccccc2CCN1c1ccc(OC)cc1. The Morgan fingerprint density at radius 1 is 1.04 bits per heavy atom. The van der Waals surface area contributed by atoms with Gasteiger partial charge in [-0.25, -0.2) is 0 Å². The average molecular weight is 348 g/mol. The minimum Gasteiger partial charge on any atom is -0.497 e. The van der Waals surface area contributed by atoms with E-state index in [-0.39, 0.29) is 6.04 Å². The highest BCUT2D eigenvalue weighted by molar-refractivity contribution is 5.56. The van der Waals surface area contributed by atoms with Crippen molar-refractivity contribution >= 4 is 5.69 Å². The van der Waals surface area contributed by atoms with E-state index in [1.165, 1.54) is 42.5 Å². The molecule has 2 aromatic rings. The Bertz CT molecular complexity index is 754. The largest absolute Gasteiger partial charge is 0.497 e. The van der Waals surface area contributed by atoms with Gasteiger partial charge in [0.05, 0.1) is 7.11 Å². The van der Waals surface area contributed by atoms with E-state index in [0.717, 1.165) is 25.1 Å². The molecule has 0 saturated carbocycles. The monoisotopic (exact) mass is 347 g/mol. The van der Waals surface area contributed by atoms with Crippen molar-refractivity contribution in [2.24, 2.45) is 0 Å². The highest BCUT2D eigenvalue weighted by atomic mass is 16.5. The maximum atomic E-state index is 5.30. The van der Waals surface area contributed by atoms with Crippen LogP contribution in [-0.4, -0.2) is 13.7 Å². The van der Waals surface area contributed by atoms with Crippen LogP contribution < -0.4 is 9.64 Å². The van der Waals surface area contributed by atoms with Crippen molar-refractivity contribution in [2.75, 3.05) is 18.6 Å². The molecule has 2 heteroatoms. The topological polar surface area (TPSA) is 12.5 Å². The molecule has 2 aromatic carbocycles. The quantitative estimate of drug-likeness (QED) is 0.485. The number of ether oxygens (including phenoxy) is 1. The predicted octanol–water partition coefficient (Wildman–Crippen LogP) is 5.77. The molecular formula is C24H29NO. The lowest BCUT2D eigenvalue weighted by atomic mass is 9.92. The first-order chi connectivity index (χ1) is 12.8. The molecule has 1 aliphatic heterocycles. The summed E-state index contributed by atoms with van der Waals surface area (Å²) in [5.74, 6) is 7.93. The summed E-state index contributed by atoms with van der Waals surface area (Å²) in [5, 5.41) is 0. The van der Waals surface area contributed by atoms with Crippen molar-refractivity contribution in [3.63, 3.8) is 0 Å². The summed E-state index contributed by atoms with van der Waals surface area (Å²) in [6, 6.07) is 17.2. The number of hydrogen-bond donors (Lipinski definition) is 0. The van der Waals surface area contributed by atoms with Crippen LogP contribution in [0.5, 0.6) is 5.75 Å². The summed E-state index contributed by atoms with van der Waals surface area (Å²) in [6.45, 7) is 3.25. The van der Waals surface area contributed by atoms with Crippen LogP contribution in [0.2, 0.25) is 0 Å². The molecule has 0 spiro atoms. The molecule has 26 heavy (non-hydrogen) atoms. The Hall–Kier alpha value is -2.40. The smallest absolute Gasteiger partial charge is 0.119 e. The van der Waals surface area contributed by atoms with E-state index in [0.29, 0.717) is 0 Å². The van der Waals surface area contributed by atoms with Crippen LogP contribution in [-0.2, 0) is 6.42 Å². The van der Waals surface area contributed by atoms with Gasteiger partial charge in [0.1, 0.15) is 11.8 Å². The number of benzene rings is 2. The van der Waals surface area contributed by atoms with Crippen LogP contribution in [0.15, 0.2) is 48.5 Å². The second kappa shape index (κ2) is 9.34. The zero-order chi connectivity index (χ0) is 18.2. The van der Waals surface area contributed by atoms with Gasteiger partial charge in [0.2, 0.25) is 0 Å². The van der Waals surface area contributed by atoms with Gasteiger partial charge in [-0.15, -0.1) is 5.92 Å². The van der Waals surface area contributed by atoms with Gasteiger partial charge in [0, 0.05) is 18.7 Å². The second-order valence-electron chi connectivity index (χ2n) is 6.87. The third-order valence-corrected chi connectivity index (χ3v) is 5.08. The van der Waals surface area contributed by atoms with Gasteiger partial charge < -0.3 is 9.64 Å². The van der Waals surface area contributed by atoms with E-state index in [4.69, 9.17) is 4.74 Å². The van der Waals surface area contributed by atoms with Crippen LogP contribution >= 0.6 is 0 Å². The fraction of sp³-hybridized carbons (Fsp3) is 0.417. The third-order valence-electron chi connectivity index (χ3n) is 5.08. The van der Waals surface area contributed by atoms with E-state index in [1.807, 2.05) is 12.1 Å². The zero-order valence-corrected chi connectivity index (χ0v) is 16.0. The Kier molecular flexibility index (Phi) is 6.61. The molecule has 0 saturated heterocycles. The molecule has 0 bridgehead atoms. The number of fused-ring (bicyclic) bond motifs is 1. The predicted molar refractivity (Wildman–Crippen MR) is 110 cm³/mol. The molecule has 1 unspecified atom stereocenters. The van der Waals surface area contributed by atoms with Crippen molar-refractivity contribution < 1.29 is 4.74 Å². The molecule has 136 valence electrons.